The van der Waals surface area contributed by atoms with Gasteiger partial charge in [-0.05, 0) is 24.3 Å². The van der Waals surface area contributed by atoms with E-state index in [2.05, 4.69) is 15.3 Å². The minimum atomic E-state index is 0.806. The molecule has 1 N–H and O–H groups in total. The van der Waals surface area contributed by atoms with Gasteiger partial charge in [-0.25, -0.2) is 9.97 Å². The van der Waals surface area contributed by atoms with Crippen LogP contribution >= 0.6 is 0 Å². The van der Waals surface area contributed by atoms with E-state index in [-0.39, 0.29) is 0 Å². The van der Waals surface area contributed by atoms with E-state index in [0.717, 1.165) is 28.5 Å². The summed E-state index contributed by atoms with van der Waals surface area (Å²) in [6.07, 6.45) is 5.68. The Labute approximate surface area is 110 Å². The lowest BCUT2D eigenvalue weighted by Gasteiger charge is -1.99. The maximum Gasteiger partial charge on any atom is 0.137 e. The van der Waals surface area contributed by atoms with Crippen LogP contribution in [-0.2, 0) is 0 Å². The number of methoxy groups -OCH3 is 1. The highest BCUT2D eigenvalue weighted by molar-refractivity contribution is 5.63. The molecule has 19 heavy (non-hydrogen) atoms. The van der Waals surface area contributed by atoms with Gasteiger partial charge < -0.3 is 14.5 Å². The highest BCUT2D eigenvalue weighted by atomic mass is 16.5. The lowest BCUT2D eigenvalue weighted by molar-refractivity contribution is 0.412. The first-order valence-electron chi connectivity index (χ1n) is 5.97. The minimum absolute atomic E-state index is 0.806. The molecule has 0 bridgehead atoms. The van der Waals surface area contributed by atoms with E-state index in [1.165, 1.54) is 0 Å². The van der Waals surface area contributed by atoms with Crippen molar-refractivity contribution < 1.29 is 4.74 Å². The highest BCUT2D eigenvalue weighted by Gasteiger charge is 2.05. The number of nitrogens with zero attached hydrogens (tertiary/aromatic N) is 3. The molecule has 3 rings (SSSR count). The van der Waals surface area contributed by atoms with Crippen LogP contribution in [0.1, 0.15) is 0 Å². The van der Waals surface area contributed by atoms with E-state index >= 15 is 0 Å². The summed E-state index contributed by atoms with van der Waals surface area (Å²) < 4.78 is 7.14. The van der Waals surface area contributed by atoms with Gasteiger partial charge in [0.05, 0.1) is 19.0 Å². The molecular weight excluding hydrogens is 240 g/mol. The molecule has 3 aromatic heterocycles. The number of hydrogen-bond donors (Lipinski definition) is 1. The Morgan fingerprint density at radius 3 is 2.74 bits per heavy atom. The van der Waals surface area contributed by atoms with Crippen LogP contribution in [0.25, 0.3) is 16.9 Å². The molecule has 0 saturated heterocycles. The summed E-state index contributed by atoms with van der Waals surface area (Å²) in [6, 6.07) is 7.75. The normalized spacial score (nSPS) is 10.6. The maximum absolute atomic E-state index is 5.20. The Kier molecular flexibility index (Phi) is 2.79. The summed E-state index contributed by atoms with van der Waals surface area (Å²) in [4.78, 5) is 8.85. The van der Waals surface area contributed by atoms with Gasteiger partial charge in [0.25, 0.3) is 0 Å². The van der Waals surface area contributed by atoms with Crippen LogP contribution in [-0.4, -0.2) is 28.5 Å². The molecule has 0 atom stereocenters. The fourth-order valence-electron chi connectivity index (χ4n) is 1.92. The Morgan fingerprint density at radius 1 is 1.16 bits per heavy atom. The minimum Gasteiger partial charge on any atom is -0.495 e. The quantitative estimate of drug-likeness (QED) is 0.780. The number of rotatable bonds is 3. The lowest BCUT2D eigenvalue weighted by atomic mass is 10.2. The summed E-state index contributed by atoms with van der Waals surface area (Å²) in [5, 5.41) is 2.99. The predicted molar refractivity (Wildman–Crippen MR) is 74.5 cm³/mol. The molecule has 0 aromatic carbocycles. The molecule has 0 aliphatic carbocycles. The van der Waals surface area contributed by atoms with Crippen LogP contribution in [0.2, 0.25) is 0 Å². The van der Waals surface area contributed by atoms with E-state index in [1.54, 1.807) is 7.11 Å². The standard InChI is InChI=1S/C14H14N4O/c1-15-13-5-3-10(7-16-13)12-9-18-8-11(19-2)4-6-14(18)17-12/h3-9H,1-2H3,(H,15,16). The number of ether oxygens (including phenoxy) is 1. The number of hydrogen-bond acceptors (Lipinski definition) is 4. The molecular formula is C14H14N4O. The molecule has 3 aromatic rings. The second-order valence-corrected chi connectivity index (χ2v) is 4.14. The zero-order chi connectivity index (χ0) is 13.2. The van der Waals surface area contributed by atoms with Gasteiger partial charge in [0.1, 0.15) is 17.2 Å². The monoisotopic (exact) mass is 254 g/mol. The van der Waals surface area contributed by atoms with Crippen LogP contribution in [0.15, 0.2) is 42.9 Å². The molecule has 0 amide bonds. The average molecular weight is 254 g/mol. The number of nitrogens with one attached hydrogen (secondary N) is 1. The Hall–Kier alpha value is -2.56. The lowest BCUT2D eigenvalue weighted by Crippen LogP contribution is -1.91. The Morgan fingerprint density at radius 2 is 2.05 bits per heavy atom. The Bertz CT molecular complexity index is 703. The second kappa shape index (κ2) is 4.61. The predicted octanol–water partition coefficient (Wildman–Crippen LogP) is 2.45. The molecule has 0 aliphatic heterocycles. The van der Waals surface area contributed by atoms with Crippen molar-refractivity contribution in [3.63, 3.8) is 0 Å². The van der Waals surface area contributed by atoms with Gasteiger partial charge in [-0.15, -0.1) is 0 Å². The number of pyridine rings is 2. The third-order valence-electron chi connectivity index (χ3n) is 2.97. The molecule has 5 nitrogen and oxygen atoms in total. The van der Waals surface area contributed by atoms with Gasteiger partial charge in [-0.3, -0.25) is 0 Å². The van der Waals surface area contributed by atoms with E-state index < -0.39 is 0 Å². The summed E-state index contributed by atoms with van der Waals surface area (Å²) in [5.74, 6) is 1.65. The molecule has 3 heterocycles. The fraction of sp³-hybridized carbons (Fsp3) is 0.143. The van der Waals surface area contributed by atoms with Gasteiger partial charge in [-0.2, -0.15) is 0 Å². The molecule has 5 heteroatoms. The van der Waals surface area contributed by atoms with Crippen LogP contribution in [0.4, 0.5) is 5.82 Å². The highest BCUT2D eigenvalue weighted by Crippen LogP contribution is 2.21. The topological polar surface area (TPSA) is 51.5 Å². The van der Waals surface area contributed by atoms with Crippen LogP contribution < -0.4 is 10.1 Å². The van der Waals surface area contributed by atoms with Crippen molar-refractivity contribution in [2.45, 2.75) is 0 Å². The van der Waals surface area contributed by atoms with Crippen LogP contribution in [0.3, 0.4) is 0 Å². The van der Waals surface area contributed by atoms with Gasteiger partial charge in [0, 0.05) is 25.0 Å². The third-order valence-corrected chi connectivity index (χ3v) is 2.97. The Balaban J connectivity index is 2.04. The largest absolute Gasteiger partial charge is 0.495 e. The van der Waals surface area contributed by atoms with Gasteiger partial charge >= 0.3 is 0 Å². The van der Waals surface area contributed by atoms with E-state index in [4.69, 9.17) is 4.74 Å². The fourth-order valence-corrected chi connectivity index (χ4v) is 1.92. The van der Waals surface area contributed by atoms with Gasteiger partial charge in [-0.1, -0.05) is 0 Å². The average Bonchev–Trinajstić information content (AvgIpc) is 2.90. The first kappa shape index (κ1) is 11.5. The number of fused-ring (bicyclic) bond motifs is 1. The van der Waals surface area contributed by atoms with Crippen molar-refractivity contribution in [3.05, 3.63) is 42.9 Å². The van der Waals surface area contributed by atoms with E-state index in [1.807, 2.05) is 54.3 Å². The van der Waals surface area contributed by atoms with E-state index in [9.17, 15) is 0 Å². The number of anilines is 1. The van der Waals surface area contributed by atoms with Gasteiger partial charge in [0.2, 0.25) is 0 Å². The zero-order valence-electron chi connectivity index (χ0n) is 10.8. The maximum atomic E-state index is 5.20. The van der Waals surface area contributed by atoms with Crippen molar-refractivity contribution in [1.29, 1.82) is 0 Å². The van der Waals surface area contributed by atoms with Crippen molar-refractivity contribution >= 4 is 11.5 Å². The van der Waals surface area contributed by atoms with Gasteiger partial charge in [0.15, 0.2) is 0 Å². The van der Waals surface area contributed by atoms with Crippen molar-refractivity contribution in [2.75, 3.05) is 19.5 Å². The smallest absolute Gasteiger partial charge is 0.137 e. The molecule has 96 valence electrons. The van der Waals surface area contributed by atoms with Crippen molar-refractivity contribution in [3.8, 4) is 17.0 Å². The number of aromatic nitrogens is 3. The first-order valence-corrected chi connectivity index (χ1v) is 5.97. The third kappa shape index (κ3) is 2.10. The second-order valence-electron chi connectivity index (χ2n) is 4.14. The molecule has 0 aliphatic rings. The SMILES string of the molecule is CNc1ccc(-c2cn3cc(OC)ccc3n2)cn1. The molecule has 0 radical (unpaired) electrons. The summed E-state index contributed by atoms with van der Waals surface area (Å²) in [6.45, 7) is 0. The molecule has 0 saturated carbocycles. The molecule has 0 unspecified atom stereocenters. The van der Waals surface area contributed by atoms with Crippen molar-refractivity contribution in [1.82, 2.24) is 14.4 Å². The summed E-state index contributed by atoms with van der Waals surface area (Å²) in [5.41, 5.74) is 2.76. The number of imidazole rings is 1. The molecule has 0 spiro atoms. The van der Waals surface area contributed by atoms with Crippen LogP contribution in [0.5, 0.6) is 5.75 Å². The van der Waals surface area contributed by atoms with Crippen molar-refractivity contribution in [2.24, 2.45) is 0 Å². The van der Waals surface area contributed by atoms with E-state index in [0.29, 0.717) is 0 Å². The summed E-state index contributed by atoms with van der Waals surface area (Å²) in [7, 11) is 3.50. The van der Waals surface area contributed by atoms with Crippen LogP contribution in [0, 0.1) is 0 Å². The zero-order valence-corrected chi connectivity index (χ0v) is 10.8. The first-order chi connectivity index (χ1) is 9.30. The molecule has 0 fully saturated rings. The summed E-state index contributed by atoms with van der Waals surface area (Å²) >= 11 is 0.